The molecule has 2 fully saturated rings. The van der Waals surface area contributed by atoms with Crippen LogP contribution in [0.15, 0.2) is 164 Å². The molecular weight excluding hydrogens is 711 g/mol. The van der Waals surface area contributed by atoms with Crippen LogP contribution in [-0.4, -0.2) is 0 Å². The number of hydrogen-bond donors (Lipinski definition) is 0. The number of anilines is 3. The van der Waals surface area contributed by atoms with E-state index < -0.39 is 5.41 Å². The topological polar surface area (TPSA) is 3.24 Å². The van der Waals surface area contributed by atoms with E-state index in [-0.39, 0.29) is 5.41 Å². The molecule has 1 heteroatoms. The van der Waals surface area contributed by atoms with E-state index in [4.69, 9.17) is 0 Å². The molecule has 0 N–H and O–H groups in total. The monoisotopic (exact) mass is 765 g/mol. The molecule has 1 nitrogen and oxygen atoms in total. The van der Waals surface area contributed by atoms with Gasteiger partial charge in [-0.25, -0.2) is 0 Å². The van der Waals surface area contributed by atoms with Crippen LogP contribution in [0.3, 0.4) is 0 Å². The van der Waals surface area contributed by atoms with Gasteiger partial charge in [0.2, 0.25) is 0 Å². The smallest absolute Gasteiger partial charge is 0.0714 e. The Morgan fingerprint density at radius 3 is 1.56 bits per heavy atom. The van der Waals surface area contributed by atoms with Gasteiger partial charge in [0.25, 0.3) is 0 Å². The van der Waals surface area contributed by atoms with Crippen molar-refractivity contribution in [3.8, 4) is 22.3 Å². The molecule has 0 bridgehead atoms. The highest BCUT2D eigenvalue weighted by Gasteiger charge is 2.47. The Hall–Kier alpha value is -5.66. The van der Waals surface area contributed by atoms with Crippen molar-refractivity contribution < 1.29 is 0 Å². The van der Waals surface area contributed by atoms with Gasteiger partial charge < -0.3 is 4.90 Å². The Kier molecular flexibility index (Phi) is 8.99. The molecule has 0 aromatic heterocycles. The standard InChI is InChI=1S/C58H55N/c1-57(2)54-37-43(41-20-9-4-10-21-41)30-33-50(54)51-34-31-47(38-55(51)57)59(46-26-13-6-14-27-46)48-32-35-52-49-28-15-16-29-53(49)58(56(52)39-48,44-23-11-5-12-24-44)45-25-17-22-42(36-45)40-18-7-3-8-19-40/h5-6,11-17,22-41H,3-4,7-10,18-21H2,1-2H3. The maximum atomic E-state index is 2.58. The molecule has 11 rings (SSSR count). The van der Waals surface area contributed by atoms with Crippen molar-refractivity contribution in [2.24, 2.45) is 0 Å². The van der Waals surface area contributed by atoms with Gasteiger partial charge in [0.15, 0.2) is 0 Å². The van der Waals surface area contributed by atoms with Crippen LogP contribution < -0.4 is 4.90 Å². The van der Waals surface area contributed by atoms with Crippen LogP contribution >= 0.6 is 0 Å². The van der Waals surface area contributed by atoms with Crippen molar-refractivity contribution in [1.82, 2.24) is 0 Å². The second-order valence-electron chi connectivity index (χ2n) is 18.5. The molecule has 4 aliphatic rings. The van der Waals surface area contributed by atoms with E-state index in [1.807, 2.05) is 0 Å². The Balaban J connectivity index is 1.09. The summed E-state index contributed by atoms with van der Waals surface area (Å²) >= 11 is 0. The molecule has 1 atom stereocenters. The maximum Gasteiger partial charge on any atom is 0.0714 e. The van der Waals surface area contributed by atoms with E-state index in [9.17, 15) is 0 Å². The van der Waals surface area contributed by atoms with Crippen molar-refractivity contribution in [1.29, 1.82) is 0 Å². The number of rotatable bonds is 7. The molecule has 2 saturated carbocycles. The fourth-order valence-electron chi connectivity index (χ4n) is 11.9. The van der Waals surface area contributed by atoms with Gasteiger partial charge >= 0.3 is 0 Å². The van der Waals surface area contributed by atoms with Crippen molar-refractivity contribution in [2.45, 2.75) is 101 Å². The normalized spacial score (nSPS) is 19.4. The Morgan fingerprint density at radius 2 is 0.881 bits per heavy atom. The number of fused-ring (bicyclic) bond motifs is 6. The van der Waals surface area contributed by atoms with Crippen molar-refractivity contribution in [3.05, 3.63) is 208 Å². The summed E-state index contributed by atoms with van der Waals surface area (Å²) in [6, 6.07) is 63.3. The van der Waals surface area contributed by atoms with Crippen LogP contribution in [0.1, 0.15) is 134 Å². The minimum absolute atomic E-state index is 0.0981. The third-order valence-electron chi connectivity index (χ3n) is 14.9. The summed E-state index contributed by atoms with van der Waals surface area (Å²) in [6.07, 6.45) is 13.4. The van der Waals surface area contributed by atoms with Gasteiger partial charge in [0, 0.05) is 22.5 Å². The second-order valence-corrected chi connectivity index (χ2v) is 18.5. The molecule has 4 aliphatic carbocycles. The SMILES string of the molecule is CC1(C)c2cc(C3CCCCC3)ccc2-c2ccc(N(c3ccccc3)c3ccc4c(c3)C(c3ccccc3)(c3cccc(C5CCCCC5)c3)c3ccccc3-4)cc21. The summed E-state index contributed by atoms with van der Waals surface area (Å²) < 4.78 is 0. The molecular formula is C58H55N. The predicted octanol–water partition coefficient (Wildman–Crippen LogP) is 15.9. The molecule has 7 aromatic rings. The summed E-state index contributed by atoms with van der Waals surface area (Å²) in [5.41, 5.74) is 19.8. The summed E-state index contributed by atoms with van der Waals surface area (Å²) in [4.78, 5) is 2.50. The average Bonchev–Trinajstić information content (AvgIpc) is 3.72. The van der Waals surface area contributed by atoms with Gasteiger partial charge in [-0.15, -0.1) is 0 Å². The van der Waals surface area contributed by atoms with Gasteiger partial charge in [0.05, 0.1) is 5.41 Å². The van der Waals surface area contributed by atoms with Crippen LogP contribution in [0.2, 0.25) is 0 Å². The molecule has 59 heavy (non-hydrogen) atoms. The first-order chi connectivity index (χ1) is 29.0. The third-order valence-corrected chi connectivity index (χ3v) is 14.9. The van der Waals surface area contributed by atoms with E-state index in [0.717, 1.165) is 0 Å². The zero-order valence-corrected chi connectivity index (χ0v) is 34.8. The van der Waals surface area contributed by atoms with Gasteiger partial charge in [-0.05, 0) is 141 Å². The third kappa shape index (κ3) is 5.87. The van der Waals surface area contributed by atoms with Crippen molar-refractivity contribution in [3.63, 3.8) is 0 Å². The first-order valence-corrected chi connectivity index (χ1v) is 22.6. The minimum atomic E-state index is -0.464. The molecule has 1 unspecified atom stereocenters. The molecule has 0 radical (unpaired) electrons. The zero-order valence-electron chi connectivity index (χ0n) is 34.8. The first-order valence-electron chi connectivity index (χ1n) is 22.6. The highest BCUT2D eigenvalue weighted by molar-refractivity contribution is 5.91. The first kappa shape index (κ1) is 36.4. The van der Waals surface area contributed by atoms with E-state index in [1.165, 1.54) is 142 Å². The molecule has 7 aromatic carbocycles. The van der Waals surface area contributed by atoms with E-state index in [0.29, 0.717) is 11.8 Å². The molecule has 0 aliphatic heterocycles. The lowest BCUT2D eigenvalue weighted by Crippen LogP contribution is -2.29. The number of nitrogens with zero attached hydrogens (tertiary/aromatic N) is 1. The highest BCUT2D eigenvalue weighted by Crippen LogP contribution is 2.58. The zero-order chi connectivity index (χ0) is 39.6. The molecule has 0 saturated heterocycles. The lowest BCUT2D eigenvalue weighted by Gasteiger charge is -2.36. The number of para-hydroxylation sites is 1. The number of benzene rings is 7. The molecule has 292 valence electrons. The fraction of sp³-hybridized carbons (Fsp3) is 0.276. The average molecular weight is 766 g/mol. The quantitative estimate of drug-likeness (QED) is 0.156. The maximum absolute atomic E-state index is 2.58. The van der Waals surface area contributed by atoms with Gasteiger partial charge in [-0.3, -0.25) is 0 Å². The van der Waals surface area contributed by atoms with Crippen LogP contribution in [0.5, 0.6) is 0 Å². The number of hydrogen-bond acceptors (Lipinski definition) is 1. The van der Waals surface area contributed by atoms with Gasteiger partial charge in [-0.2, -0.15) is 0 Å². The van der Waals surface area contributed by atoms with E-state index in [2.05, 4.69) is 183 Å². The van der Waals surface area contributed by atoms with E-state index in [1.54, 1.807) is 5.56 Å². The summed E-state index contributed by atoms with van der Waals surface area (Å²) in [7, 11) is 0. The summed E-state index contributed by atoms with van der Waals surface area (Å²) in [5.74, 6) is 1.32. The van der Waals surface area contributed by atoms with Gasteiger partial charge in [-0.1, -0.05) is 180 Å². The lowest BCUT2D eigenvalue weighted by atomic mass is 9.67. The van der Waals surface area contributed by atoms with Crippen LogP contribution in [0, 0.1) is 0 Å². The summed E-state index contributed by atoms with van der Waals surface area (Å²) in [6.45, 7) is 4.89. The molecule has 0 heterocycles. The van der Waals surface area contributed by atoms with Crippen LogP contribution in [0.4, 0.5) is 17.1 Å². The van der Waals surface area contributed by atoms with Crippen molar-refractivity contribution >= 4 is 17.1 Å². The largest absolute Gasteiger partial charge is 0.310 e. The lowest BCUT2D eigenvalue weighted by molar-refractivity contribution is 0.443. The van der Waals surface area contributed by atoms with Gasteiger partial charge in [0.1, 0.15) is 0 Å². The summed E-state index contributed by atoms with van der Waals surface area (Å²) in [5, 5.41) is 0. The second kappa shape index (κ2) is 14.6. The van der Waals surface area contributed by atoms with Crippen LogP contribution in [0.25, 0.3) is 22.3 Å². The Labute approximate surface area is 351 Å². The van der Waals surface area contributed by atoms with Crippen LogP contribution in [-0.2, 0) is 10.8 Å². The highest BCUT2D eigenvalue weighted by atomic mass is 15.1. The molecule has 0 amide bonds. The van der Waals surface area contributed by atoms with E-state index >= 15 is 0 Å². The Morgan fingerprint density at radius 1 is 0.373 bits per heavy atom. The molecule has 0 spiro atoms. The van der Waals surface area contributed by atoms with Crippen molar-refractivity contribution in [2.75, 3.05) is 4.90 Å². The fourth-order valence-corrected chi connectivity index (χ4v) is 11.9. The minimum Gasteiger partial charge on any atom is -0.310 e. The Bertz CT molecular complexity index is 2660. The predicted molar refractivity (Wildman–Crippen MR) is 248 cm³/mol.